The van der Waals surface area contributed by atoms with E-state index in [9.17, 15) is 4.79 Å². The smallest absolute Gasteiger partial charge is 0.277 e. The minimum absolute atomic E-state index is 0.0849. The highest BCUT2D eigenvalue weighted by Crippen LogP contribution is 2.22. The minimum Gasteiger partial charge on any atom is -0.484 e. The number of carbonyl (C=O) groups is 1. The molecular weight excluding hydrogens is 304 g/mol. The Morgan fingerprint density at radius 1 is 1.29 bits per heavy atom. The number of carbonyl (C=O) groups excluding carboxylic acids is 1. The average Bonchev–Trinajstić information content (AvgIpc) is 2.99. The molecule has 0 saturated carbocycles. The normalized spacial score (nSPS) is 12.3. The van der Waals surface area contributed by atoms with E-state index in [1.807, 2.05) is 37.3 Å². The van der Waals surface area contributed by atoms with E-state index in [2.05, 4.69) is 24.4 Å². The Bertz CT molecular complexity index is 674. The quantitative estimate of drug-likeness (QED) is 0.588. The molecule has 5 nitrogen and oxygen atoms in total. The van der Waals surface area contributed by atoms with Crippen molar-refractivity contribution in [2.75, 3.05) is 6.61 Å². The number of amides is 1. The summed E-state index contributed by atoms with van der Waals surface area (Å²) in [5.74, 6) is 2.27. The summed E-state index contributed by atoms with van der Waals surface area (Å²) in [5, 5.41) is 3.83. The molecule has 1 atom stereocenters. The van der Waals surface area contributed by atoms with Gasteiger partial charge in [-0.05, 0) is 49.1 Å². The van der Waals surface area contributed by atoms with Crippen LogP contribution in [0.25, 0.3) is 0 Å². The maximum absolute atomic E-state index is 11.7. The molecule has 0 bridgehead atoms. The zero-order valence-electron chi connectivity index (χ0n) is 14.4. The van der Waals surface area contributed by atoms with Crippen LogP contribution in [-0.4, -0.2) is 18.7 Å². The van der Waals surface area contributed by atoms with Crippen LogP contribution < -0.4 is 10.2 Å². The van der Waals surface area contributed by atoms with E-state index in [0.717, 1.165) is 18.6 Å². The SMILES string of the molecule is CCCC(C)c1ccc(OCC(=O)N/N=C/c2ccc(C)o2)cc1. The van der Waals surface area contributed by atoms with E-state index in [-0.39, 0.29) is 12.5 Å². The Hall–Kier alpha value is -2.56. The summed E-state index contributed by atoms with van der Waals surface area (Å²) in [6.07, 6.45) is 3.78. The first-order valence-electron chi connectivity index (χ1n) is 8.19. The zero-order chi connectivity index (χ0) is 17.4. The molecule has 0 aliphatic rings. The predicted octanol–water partition coefficient (Wildman–Crippen LogP) is 4.02. The van der Waals surface area contributed by atoms with Gasteiger partial charge in [0.25, 0.3) is 5.91 Å². The third-order valence-corrected chi connectivity index (χ3v) is 3.68. The lowest BCUT2D eigenvalue weighted by atomic mass is 9.97. The van der Waals surface area contributed by atoms with E-state index in [0.29, 0.717) is 17.4 Å². The number of nitrogens with one attached hydrogen (secondary N) is 1. The van der Waals surface area contributed by atoms with Gasteiger partial charge in [-0.3, -0.25) is 4.79 Å². The van der Waals surface area contributed by atoms with Crippen LogP contribution in [-0.2, 0) is 4.79 Å². The number of hydrazone groups is 1. The summed E-state index contributed by atoms with van der Waals surface area (Å²) < 4.78 is 10.8. The summed E-state index contributed by atoms with van der Waals surface area (Å²) in [6, 6.07) is 11.5. The van der Waals surface area contributed by atoms with Crippen molar-refractivity contribution in [3.63, 3.8) is 0 Å². The Balaban J connectivity index is 1.76. The highest BCUT2D eigenvalue weighted by molar-refractivity contribution is 5.81. The molecule has 0 spiro atoms. The van der Waals surface area contributed by atoms with Crippen LogP contribution in [0.4, 0.5) is 0 Å². The molecule has 0 aliphatic heterocycles. The second-order valence-corrected chi connectivity index (χ2v) is 5.79. The van der Waals surface area contributed by atoms with Crippen molar-refractivity contribution >= 4 is 12.1 Å². The van der Waals surface area contributed by atoms with E-state index in [1.54, 1.807) is 6.07 Å². The average molecular weight is 328 g/mol. The fourth-order valence-electron chi connectivity index (χ4n) is 2.36. The molecule has 24 heavy (non-hydrogen) atoms. The van der Waals surface area contributed by atoms with E-state index < -0.39 is 0 Å². The van der Waals surface area contributed by atoms with Gasteiger partial charge in [-0.25, -0.2) is 5.43 Å². The molecule has 128 valence electrons. The number of furan rings is 1. The molecule has 0 fully saturated rings. The van der Waals surface area contributed by atoms with Crippen LogP contribution in [0.3, 0.4) is 0 Å². The summed E-state index contributed by atoms with van der Waals surface area (Å²) in [7, 11) is 0. The molecule has 1 amide bonds. The van der Waals surface area contributed by atoms with Crippen molar-refractivity contribution in [3.8, 4) is 5.75 Å². The maximum atomic E-state index is 11.7. The number of rotatable bonds is 8. The summed E-state index contributed by atoms with van der Waals surface area (Å²) in [6.45, 7) is 6.16. The van der Waals surface area contributed by atoms with Gasteiger partial charge in [-0.15, -0.1) is 0 Å². The molecule has 1 N–H and O–H groups in total. The second-order valence-electron chi connectivity index (χ2n) is 5.79. The lowest BCUT2D eigenvalue weighted by molar-refractivity contribution is -0.123. The van der Waals surface area contributed by atoms with Gasteiger partial charge < -0.3 is 9.15 Å². The van der Waals surface area contributed by atoms with Gasteiger partial charge in [-0.1, -0.05) is 32.4 Å². The Morgan fingerprint density at radius 2 is 2.04 bits per heavy atom. The minimum atomic E-state index is -0.321. The number of benzene rings is 1. The summed E-state index contributed by atoms with van der Waals surface area (Å²) in [5.41, 5.74) is 3.69. The molecule has 1 heterocycles. The molecule has 2 aromatic rings. The summed E-state index contributed by atoms with van der Waals surface area (Å²) in [4.78, 5) is 11.7. The second kappa shape index (κ2) is 8.91. The van der Waals surface area contributed by atoms with Crippen LogP contribution in [0.15, 0.2) is 45.9 Å². The fourth-order valence-corrected chi connectivity index (χ4v) is 2.36. The number of hydrogen-bond donors (Lipinski definition) is 1. The van der Waals surface area contributed by atoms with Crippen molar-refractivity contribution in [2.24, 2.45) is 5.10 Å². The van der Waals surface area contributed by atoms with Crippen LogP contribution in [0.1, 0.15) is 49.7 Å². The number of nitrogens with zero attached hydrogens (tertiary/aromatic N) is 1. The van der Waals surface area contributed by atoms with Gasteiger partial charge in [0.15, 0.2) is 6.61 Å². The summed E-state index contributed by atoms with van der Waals surface area (Å²) >= 11 is 0. The van der Waals surface area contributed by atoms with E-state index >= 15 is 0 Å². The first-order valence-corrected chi connectivity index (χ1v) is 8.19. The molecule has 0 aliphatic carbocycles. The van der Waals surface area contributed by atoms with Crippen LogP contribution in [0.5, 0.6) is 5.75 Å². The first-order chi connectivity index (χ1) is 11.6. The number of hydrogen-bond acceptors (Lipinski definition) is 4. The predicted molar refractivity (Wildman–Crippen MR) is 94.4 cm³/mol. The molecule has 1 unspecified atom stereocenters. The highest BCUT2D eigenvalue weighted by Gasteiger charge is 2.05. The largest absolute Gasteiger partial charge is 0.484 e. The highest BCUT2D eigenvalue weighted by atomic mass is 16.5. The van der Waals surface area contributed by atoms with Gasteiger partial charge in [0.1, 0.15) is 17.3 Å². The van der Waals surface area contributed by atoms with Gasteiger partial charge in [0, 0.05) is 0 Å². The molecular formula is C19H24N2O3. The third-order valence-electron chi connectivity index (χ3n) is 3.68. The van der Waals surface area contributed by atoms with Crippen molar-refractivity contribution in [2.45, 2.75) is 39.5 Å². The van der Waals surface area contributed by atoms with Crippen LogP contribution >= 0.6 is 0 Å². The van der Waals surface area contributed by atoms with Crippen molar-refractivity contribution in [1.82, 2.24) is 5.43 Å². The van der Waals surface area contributed by atoms with Crippen molar-refractivity contribution in [3.05, 3.63) is 53.5 Å². The molecule has 0 radical (unpaired) electrons. The molecule has 1 aromatic heterocycles. The molecule has 0 saturated heterocycles. The van der Waals surface area contributed by atoms with Gasteiger partial charge >= 0.3 is 0 Å². The zero-order valence-corrected chi connectivity index (χ0v) is 14.4. The Labute approximate surface area is 142 Å². The molecule has 5 heteroatoms. The van der Waals surface area contributed by atoms with Gasteiger partial charge in [-0.2, -0.15) is 5.10 Å². The van der Waals surface area contributed by atoms with Gasteiger partial charge in [0.2, 0.25) is 0 Å². The van der Waals surface area contributed by atoms with Gasteiger partial charge in [0.05, 0.1) is 6.21 Å². The van der Waals surface area contributed by atoms with Crippen LogP contribution in [0, 0.1) is 6.92 Å². The third kappa shape index (κ3) is 5.57. The topological polar surface area (TPSA) is 63.8 Å². The Morgan fingerprint density at radius 3 is 2.67 bits per heavy atom. The lowest BCUT2D eigenvalue weighted by Gasteiger charge is -2.11. The monoisotopic (exact) mass is 328 g/mol. The lowest BCUT2D eigenvalue weighted by Crippen LogP contribution is -2.24. The standard InChI is InChI=1S/C19H24N2O3/c1-4-5-14(2)16-7-10-17(11-8-16)23-13-19(22)21-20-12-18-9-6-15(3)24-18/h6-12,14H,4-5,13H2,1-3H3,(H,21,22)/b20-12+. The Kier molecular flexibility index (Phi) is 6.61. The first kappa shape index (κ1) is 17.8. The van der Waals surface area contributed by atoms with E-state index in [1.165, 1.54) is 11.8 Å². The molecule has 2 rings (SSSR count). The van der Waals surface area contributed by atoms with Crippen molar-refractivity contribution in [1.29, 1.82) is 0 Å². The maximum Gasteiger partial charge on any atom is 0.277 e. The number of ether oxygens (including phenoxy) is 1. The molecule has 1 aromatic carbocycles. The fraction of sp³-hybridized carbons (Fsp3) is 0.368. The van der Waals surface area contributed by atoms with Crippen LogP contribution in [0.2, 0.25) is 0 Å². The van der Waals surface area contributed by atoms with E-state index in [4.69, 9.17) is 9.15 Å². The van der Waals surface area contributed by atoms with Crippen molar-refractivity contribution < 1.29 is 13.9 Å². The number of aryl methyl sites for hydroxylation is 1.